The van der Waals surface area contributed by atoms with Crippen molar-refractivity contribution in [1.29, 1.82) is 0 Å². The fourth-order valence-corrected chi connectivity index (χ4v) is 5.26. The van der Waals surface area contributed by atoms with Gasteiger partial charge in [-0.2, -0.15) is 0 Å². The van der Waals surface area contributed by atoms with Crippen molar-refractivity contribution in [2.45, 2.75) is 0 Å². The maximum atomic E-state index is 5.46. The van der Waals surface area contributed by atoms with Crippen LogP contribution in [0.4, 0.5) is 0 Å². The van der Waals surface area contributed by atoms with Crippen LogP contribution in [0.2, 0.25) is 0 Å². The Bertz CT molecular complexity index is 705. The molecule has 0 N–H and O–H groups in total. The normalized spacial score (nSPS) is 14.8. The molecule has 0 aliphatic heterocycles. The molecule has 0 aromatic heterocycles. The molecule has 3 aromatic rings. The van der Waals surface area contributed by atoms with E-state index in [0.717, 1.165) is 5.38 Å². The van der Waals surface area contributed by atoms with Gasteiger partial charge in [-0.15, -0.1) is 11.6 Å². The van der Waals surface area contributed by atoms with Crippen LogP contribution in [-0.2, 0) is 39.4 Å². The molecule has 0 heterocycles. The zero-order valence-electron chi connectivity index (χ0n) is 17.3. The molecular weight excluding hydrogens is 656 g/mol. The van der Waals surface area contributed by atoms with Crippen LogP contribution in [0, 0.1) is 63.2 Å². The molecule has 4 heteroatoms. The number of benzene rings is 3. The van der Waals surface area contributed by atoms with Gasteiger partial charge in [-0.3, -0.25) is 0 Å². The van der Waals surface area contributed by atoms with E-state index in [9.17, 15) is 0 Å². The smallest absolute Gasteiger partial charge is 0.474 e. The molecule has 2 aliphatic rings. The van der Waals surface area contributed by atoms with Crippen LogP contribution in [-0.4, -0.2) is 0 Å². The number of hydrogen-bond acceptors (Lipinski definition) is 0. The van der Waals surface area contributed by atoms with E-state index in [0.29, 0.717) is 0 Å². The summed E-state index contributed by atoms with van der Waals surface area (Å²) in [6.07, 6.45) is 18.0. The molecule has 3 aromatic carbocycles. The topological polar surface area (TPSA) is 0 Å². The molecule has 0 bridgehead atoms. The summed E-state index contributed by atoms with van der Waals surface area (Å²) in [6.45, 7) is 0. The minimum absolute atomic E-state index is 0. The van der Waals surface area contributed by atoms with Crippen LogP contribution >= 0.6 is 19.5 Å². The van der Waals surface area contributed by atoms with Crippen LogP contribution in [0.1, 0.15) is 0 Å². The summed E-state index contributed by atoms with van der Waals surface area (Å²) in [7, 11) is -0.446. The van der Waals surface area contributed by atoms with Crippen molar-refractivity contribution in [2.24, 2.45) is 0 Å². The average molecular weight is 679 g/mol. The molecule has 0 atom stereocenters. The third-order valence-corrected chi connectivity index (χ3v) is 6.86. The summed E-state index contributed by atoms with van der Waals surface area (Å²) in [5.74, 6) is 0. The zero-order valence-corrected chi connectivity index (χ0v) is 22.2. The van der Waals surface area contributed by atoms with Gasteiger partial charge in [0.15, 0.2) is 0 Å². The second-order valence-electron chi connectivity index (χ2n) is 6.33. The van der Waals surface area contributed by atoms with E-state index in [2.05, 4.69) is 97.4 Å². The van der Waals surface area contributed by atoms with Crippen molar-refractivity contribution in [3.63, 3.8) is 0 Å². The Balaban J connectivity index is 0.000000325. The van der Waals surface area contributed by atoms with E-state index in [1.165, 1.54) is 15.9 Å². The van der Waals surface area contributed by atoms with Crippen LogP contribution < -0.4 is 15.9 Å². The Morgan fingerprint density at radius 1 is 0.531 bits per heavy atom. The van der Waals surface area contributed by atoms with Gasteiger partial charge < -0.3 is 6.42 Å². The van der Waals surface area contributed by atoms with E-state index in [1.54, 1.807) is 0 Å². The van der Waals surface area contributed by atoms with Gasteiger partial charge in [0.2, 0.25) is 0 Å². The quantitative estimate of drug-likeness (QED) is 0.183. The molecule has 0 saturated heterocycles. The molecule has 0 spiro atoms. The van der Waals surface area contributed by atoms with Gasteiger partial charge in [-0.1, -0.05) is 104 Å². The molecule has 0 amide bonds. The zero-order chi connectivity index (χ0) is 20.9. The second kappa shape index (κ2) is 18.0. The van der Waals surface area contributed by atoms with Crippen LogP contribution in [0.5, 0.6) is 0 Å². The largest absolute Gasteiger partial charge is 1.00 e. The average Bonchev–Trinajstić information content (AvgIpc) is 3.54. The summed E-state index contributed by atoms with van der Waals surface area (Å²) in [4.78, 5) is 0. The van der Waals surface area contributed by atoms with Crippen molar-refractivity contribution in [2.75, 3.05) is 0 Å². The van der Waals surface area contributed by atoms with Gasteiger partial charge in [0.25, 0.3) is 0 Å². The first-order valence-electron chi connectivity index (χ1n) is 9.75. The van der Waals surface area contributed by atoms with Gasteiger partial charge in [-0.05, 0) is 49.5 Å². The summed E-state index contributed by atoms with van der Waals surface area (Å²) in [6, 6.07) is 32.3. The molecule has 0 nitrogen and oxygen atoms in total. The van der Waals surface area contributed by atoms with Crippen molar-refractivity contribution in [3.8, 4) is 0 Å². The Morgan fingerprint density at radius 2 is 0.875 bits per heavy atom. The predicted octanol–water partition coefficient (Wildman–Crippen LogP) is 5.93. The first-order valence-corrected chi connectivity index (χ1v) is 11.5. The van der Waals surface area contributed by atoms with Crippen molar-refractivity contribution < 1.29 is 39.4 Å². The monoisotopic (exact) mass is 678 g/mol. The predicted molar refractivity (Wildman–Crippen MR) is 132 cm³/mol. The Hall–Kier alpha value is -0.360. The fourth-order valence-electron chi connectivity index (χ4n) is 2.81. The molecule has 166 valence electrons. The van der Waals surface area contributed by atoms with Gasteiger partial charge in [0, 0.05) is 17.1 Å². The van der Waals surface area contributed by atoms with Crippen LogP contribution in [0.3, 0.4) is 0 Å². The summed E-state index contributed by atoms with van der Waals surface area (Å²) in [5.41, 5.74) is 0. The molecule has 2 aliphatic carbocycles. The molecule has 0 unspecified atom stereocenters. The maximum Gasteiger partial charge on any atom is 1.00 e. The van der Waals surface area contributed by atoms with E-state index < -0.39 is 7.92 Å². The molecule has 2 saturated carbocycles. The standard InChI is InChI=1S/C18H15P.C5H4Cl.C5H4.Au.Fe/c1-4-10-16(11-5-1)19(17-12-6-2-7-13-17)18-14-8-3-9-15-18;6-5-3-1-2-4-5;1-2-4-5-3-1;;/h1-15H;1-4H;1-4H;;/q;;-1;+1;. The summed E-state index contributed by atoms with van der Waals surface area (Å²) >= 11 is 5.46. The molecule has 32 heavy (non-hydrogen) atoms. The first-order chi connectivity index (χ1) is 14.8. The first kappa shape index (κ1) is 29.7. The third kappa shape index (κ3) is 10.7. The third-order valence-electron chi connectivity index (χ3n) is 4.16. The number of hydrogen-bond donors (Lipinski definition) is 0. The molecule has 10 radical (unpaired) electrons. The van der Waals surface area contributed by atoms with E-state index in [-0.39, 0.29) is 39.4 Å². The van der Waals surface area contributed by atoms with Crippen molar-refractivity contribution in [3.05, 3.63) is 154 Å². The van der Waals surface area contributed by atoms with E-state index in [4.69, 9.17) is 11.6 Å². The van der Waals surface area contributed by atoms with Crippen LogP contribution in [0.25, 0.3) is 0 Å². The van der Waals surface area contributed by atoms with Gasteiger partial charge >= 0.3 is 22.4 Å². The van der Waals surface area contributed by atoms with Gasteiger partial charge in [0.1, 0.15) is 0 Å². The summed E-state index contributed by atoms with van der Waals surface area (Å²) < 4.78 is 0. The number of rotatable bonds is 3. The number of halogens is 1. The Morgan fingerprint density at radius 3 is 1.09 bits per heavy atom. The summed E-state index contributed by atoms with van der Waals surface area (Å²) in [5, 5.41) is 5.01. The Kier molecular flexibility index (Phi) is 16.7. The Labute approximate surface area is 227 Å². The van der Waals surface area contributed by atoms with Crippen LogP contribution in [0.15, 0.2) is 91.0 Å². The minimum Gasteiger partial charge on any atom is -0.474 e. The van der Waals surface area contributed by atoms with E-state index in [1.807, 2.05) is 51.4 Å². The maximum absolute atomic E-state index is 5.46. The van der Waals surface area contributed by atoms with E-state index >= 15 is 0 Å². The van der Waals surface area contributed by atoms with Crippen molar-refractivity contribution in [1.82, 2.24) is 0 Å². The fraction of sp³-hybridized carbons (Fsp3) is 0. The SMILES string of the molecule is Cl[C]1[CH][CH][CH][CH]1.[Au+].[C-]1[CH][CH][CH][CH]1.[Fe].c1ccc(P(c2ccccc2)c2ccccc2)cc1. The molecule has 5 rings (SSSR count). The molecule has 2 fully saturated rings. The van der Waals surface area contributed by atoms with Gasteiger partial charge in [-0.25, -0.2) is 12.8 Å². The van der Waals surface area contributed by atoms with Gasteiger partial charge in [0.05, 0.1) is 5.38 Å². The minimum atomic E-state index is -0.446. The second-order valence-corrected chi connectivity index (χ2v) is 8.99. The molecular formula is C28H23AuClFeP. The van der Waals surface area contributed by atoms with Crippen molar-refractivity contribution >= 4 is 35.4 Å².